The van der Waals surface area contributed by atoms with Crippen LogP contribution in [0.1, 0.15) is 129 Å². The zero-order valence-electron chi connectivity index (χ0n) is 18.0. The number of hydrogen-bond acceptors (Lipinski definition) is 3. The standard InChI is InChI=1S/C23H44O4/c1-3-5-7-8-9-10-11-12-16-20-23(26)27-21(17-6-4-2)18-14-13-15-19-22(24)25/h21H,3-20H2,1-2H3,(H,24,25). The number of carboxylic acid groups (broad SMARTS) is 1. The van der Waals surface area contributed by atoms with E-state index in [9.17, 15) is 9.59 Å². The maximum Gasteiger partial charge on any atom is 0.306 e. The Hall–Kier alpha value is -1.06. The van der Waals surface area contributed by atoms with Crippen LogP contribution in [0.3, 0.4) is 0 Å². The molecule has 1 N–H and O–H groups in total. The molecular weight excluding hydrogens is 340 g/mol. The van der Waals surface area contributed by atoms with Gasteiger partial charge in [0, 0.05) is 12.8 Å². The molecule has 0 aromatic rings. The van der Waals surface area contributed by atoms with Gasteiger partial charge in [-0.25, -0.2) is 0 Å². The van der Waals surface area contributed by atoms with Gasteiger partial charge < -0.3 is 9.84 Å². The number of esters is 1. The van der Waals surface area contributed by atoms with Crippen LogP contribution in [0.4, 0.5) is 0 Å². The van der Waals surface area contributed by atoms with E-state index >= 15 is 0 Å². The minimum Gasteiger partial charge on any atom is -0.481 e. The second-order valence-electron chi connectivity index (χ2n) is 7.83. The smallest absolute Gasteiger partial charge is 0.306 e. The average molecular weight is 385 g/mol. The van der Waals surface area contributed by atoms with Crippen molar-refractivity contribution in [3.05, 3.63) is 0 Å². The molecule has 4 nitrogen and oxygen atoms in total. The number of aliphatic carboxylic acids is 1. The Labute approximate surface area is 167 Å². The van der Waals surface area contributed by atoms with Gasteiger partial charge in [-0.15, -0.1) is 0 Å². The predicted molar refractivity (Wildman–Crippen MR) is 112 cm³/mol. The molecule has 0 aliphatic carbocycles. The number of hydrogen-bond donors (Lipinski definition) is 1. The van der Waals surface area contributed by atoms with Crippen LogP contribution in [0.5, 0.6) is 0 Å². The Morgan fingerprint density at radius 3 is 1.74 bits per heavy atom. The van der Waals surface area contributed by atoms with E-state index in [1.54, 1.807) is 0 Å². The van der Waals surface area contributed by atoms with Crippen LogP contribution in [0.15, 0.2) is 0 Å². The molecule has 4 heteroatoms. The predicted octanol–water partition coefficient (Wildman–Crippen LogP) is 7.04. The highest BCUT2D eigenvalue weighted by Crippen LogP contribution is 2.16. The van der Waals surface area contributed by atoms with E-state index in [1.807, 2.05) is 0 Å². The molecule has 0 spiro atoms. The second kappa shape index (κ2) is 19.7. The molecule has 0 radical (unpaired) electrons. The van der Waals surface area contributed by atoms with Gasteiger partial charge in [0.25, 0.3) is 0 Å². The SMILES string of the molecule is CCCCCCCCCCCC(=O)OC(CCCC)CCCCCC(=O)O. The summed E-state index contributed by atoms with van der Waals surface area (Å²) in [6.45, 7) is 4.39. The molecule has 0 saturated carbocycles. The maximum atomic E-state index is 12.1. The first-order chi connectivity index (χ1) is 13.1. The van der Waals surface area contributed by atoms with Crippen molar-refractivity contribution >= 4 is 11.9 Å². The summed E-state index contributed by atoms with van der Waals surface area (Å²) in [5, 5.41) is 8.67. The lowest BCUT2D eigenvalue weighted by Gasteiger charge is -2.17. The first-order valence-electron chi connectivity index (χ1n) is 11.5. The van der Waals surface area contributed by atoms with Crippen LogP contribution in [0.2, 0.25) is 0 Å². The Kier molecular flexibility index (Phi) is 18.9. The monoisotopic (exact) mass is 384 g/mol. The van der Waals surface area contributed by atoms with Gasteiger partial charge in [0.05, 0.1) is 0 Å². The van der Waals surface area contributed by atoms with Crippen molar-refractivity contribution in [3.8, 4) is 0 Å². The van der Waals surface area contributed by atoms with Gasteiger partial charge in [0.1, 0.15) is 6.10 Å². The first-order valence-corrected chi connectivity index (χ1v) is 11.5. The number of carbonyl (C=O) groups excluding carboxylic acids is 1. The number of carboxylic acids is 1. The summed E-state index contributed by atoms with van der Waals surface area (Å²) in [4.78, 5) is 22.6. The van der Waals surface area contributed by atoms with Gasteiger partial charge in [0.15, 0.2) is 0 Å². The summed E-state index contributed by atoms with van der Waals surface area (Å²) < 4.78 is 5.70. The molecule has 0 aromatic carbocycles. The van der Waals surface area contributed by atoms with Gasteiger partial charge >= 0.3 is 11.9 Å². The molecule has 1 atom stereocenters. The molecule has 0 aliphatic rings. The number of carbonyl (C=O) groups is 2. The van der Waals surface area contributed by atoms with Gasteiger partial charge in [-0.3, -0.25) is 9.59 Å². The van der Waals surface area contributed by atoms with Crippen LogP contribution >= 0.6 is 0 Å². The quantitative estimate of drug-likeness (QED) is 0.180. The molecule has 0 amide bonds. The Morgan fingerprint density at radius 1 is 0.667 bits per heavy atom. The van der Waals surface area contributed by atoms with E-state index in [2.05, 4.69) is 13.8 Å². The van der Waals surface area contributed by atoms with E-state index in [0.29, 0.717) is 12.8 Å². The van der Waals surface area contributed by atoms with E-state index in [1.165, 1.54) is 44.9 Å². The summed E-state index contributed by atoms with van der Waals surface area (Å²) >= 11 is 0. The topological polar surface area (TPSA) is 63.6 Å². The van der Waals surface area contributed by atoms with E-state index < -0.39 is 5.97 Å². The number of unbranched alkanes of at least 4 members (excludes halogenated alkanes) is 11. The highest BCUT2D eigenvalue weighted by molar-refractivity contribution is 5.69. The minimum atomic E-state index is -0.732. The molecule has 0 rings (SSSR count). The molecule has 1 unspecified atom stereocenters. The summed E-state index contributed by atoms with van der Waals surface area (Å²) in [5.74, 6) is -0.783. The number of rotatable bonds is 20. The van der Waals surface area contributed by atoms with Gasteiger partial charge in [-0.2, -0.15) is 0 Å². The zero-order valence-corrected chi connectivity index (χ0v) is 18.0. The average Bonchev–Trinajstić information content (AvgIpc) is 2.64. The van der Waals surface area contributed by atoms with Crippen molar-refractivity contribution in [1.29, 1.82) is 0 Å². The molecule has 27 heavy (non-hydrogen) atoms. The highest BCUT2D eigenvalue weighted by Gasteiger charge is 2.14. The molecule has 0 aliphatic heterocycles. The number of ether oxygens (including phenoxy) is 1. The van der Waals surface area contributed by atoms with Crippen LogP contribution < -0.4 is 0 Å². The first kappa shape index (κ1) is 25.9. The lowest BCUT2D eigenvalue weighted by molar-refractivity contribution is -0.150. The van der Waals surface area contributed by atoms with Crippen molar-refractivity contribution in [2.45, 2.75) is 136 Å². The van der Waals surface area contributed by atoms with Crippen LogP contribution in [0.25, 0.3) is 0 Å². The normalized spacial score (nSPS) is 12.1. The second-order valence-corrected chi connectivity index (χ2v) is 7.83. The van der Waals surface area contributed by atoms with Gasteiger partial charge in [-0.05, 0) is 32.1 Å². The molecule has 0 bridgehead atoms. The van der Waals surface area contributed by atoms with Crippen molar-refractivity contribution < 1.29 is 19.4 Å². The third kappa shape index (κ3) is 19.5. The van der Waals surface area contributed by atoms with Gasteiger partial charge in [0.2, 0.25) is 0 Å². The highest BCUT2D eigenvalue weighted by atomic mass is 16.5. The van der Waals surface area contributed by atoms with E-state index in [-0.39, 0.29) is 18.5 Å². The molecule has 160 valence electrons. The van der Waals surface area contributed by atoms with E-state index in [4.69, 9.17) is 9.84 Å². The van der Waals surface area contributed by atoms with Gasteiger partial charge in [-0.1, -0.05) is 84.5 Å². The Bertz CT molecular complexity index is 354. The zero-order chi connectivity index (χ0) is 20.2. The fraction of sp³-hybridized carbons (Fsp3) is 0.913. The van der Waals surface area contributed by atoms with Crippen molar-refractivity contribution in [1.82, 2.24) is 0 Å². The summed E-state index contributed by atoms with van der Waals surface area (Å²) in [7, 11) is 0. The lowest BCUT2D eigenvalue weighted by Crippen LogP contribution is -2.18. The summed E-state index contributed by atoms with van der Waals surface area (Å²) in [5.41, 5.74) is 0. The molecule has 0 aromatic heterocycles. The van der Waals surface area contributed by atoms with Crippen LogP contribution in [-0.4, -0.2) is 23.1 Å². The summed E-state index contributed by atoms with van der Waals surface area (Å²) in [6.07, 6.45) is 18.6. The van der Waals surface area contributed by atoms with Crippen molar-refractivity contribution in [2.24, 2.45) is 0 Å². The Morgan fingerprint density at radius 2 is 1.15 bits per heavy atom. The largest absolute Gasteiger partial charge is 0.481 e. The third-order valence-electron chi connectivity index (χ3n) is 5.08. The molecular formula is C23H44O4. The van der Waals surface area contributed by atoms with Crippen LogP contribution in [0, 0.1) is 0 Å². The van der Waals surface area contributed by atoms with Crippen molar-refractivity contribution in [2.75, 3.05) is 0 Å². The maximum absolute atomic E-state index is 12.1. The summed E-state index contributed by atoms with van der Waals surface area (Å²) in [6, 6.07) is 0. The minimum absolute atomic E-state index is 0.0147. The fourth-order valence-corrected chi connectivity index (χ4v) is 3.34. The Balaban J connectivity index is 3.76. The van der Waals surface area contributed by atoms with Crippen molar-refractivity contribution in [3.63, 3.8) is 0 Å². The molecule has 0 saturated heterocycles. The van der Waals surface area contributed by atoms with E-state index in [0.717, 1.165) is 51.4 Å². The molecule has 0 heterocycles. The molecule has 0 fully saturated rings. The third-order valence-corrected chi connectivity index (χ3v) is 5.08. The fourth-order valence-electron chi connectivity index (χ4n) is 3.34. The lowest BCUT2D eigenvalue weighted by atomic mass is 10.0. The van der Waals surface area contributed by atoms with Crippen LogP contribution in [-0.2, 0) is 14.3 Å².